The summed E-state index contributed by atoms with van der Waals surface area (Å²) < 4.78 is 38.0. The molecule has 1 aliphatic heterocycles. The molecule has 0 aromatic heterocycles. The Kier molecular flexibility index (Phi) is 7.64. The summed E-state index contributed by atoms with van der Waals surface area (Å²) in [7, 11) is -0.621. The van der Waals surface area contributed by atoms with Crippen molar-refractivity contribution in [2.75, 3.05) is 40.5 Å². The Bertz CT molecular complexity index is 740. The van der Waals surface area contributed by atoms with Crippen molar-refractivity contribution >= 4 is 15.9 Å². The number of piperidine rings is 1. The molecule has 1 N–H and O–H groups in total. The van der Waals surface area contributed by atoms with E-state index in [2.05, 4.69) is 5.32 Å². The number of carbonyl (C=O) groups is 1. The second-order valence-electron chi connectivity index (χ2n) is 7.03. The van der Waals surface area contributed by atoms with Crippen molar-refractivity contribution in [2.24, 2.45) is 5.92 Å². The highest BCUT2D eigenvalue weighted by molar-refractivity contribution is 7.89. The number of nitrogens with one attached hydrogen (secondary N) is 1. The van der Waals surface area contributed by atoms with Gasteiger partial charge >= 0.3 is 0 Å². The van der Waals surface area contributed by atoms with Crippen molar-refractivity contribution in [1.82, 2.24) is 9.62 Å². The number of ether oxygens (including phenoxy) is 2. The fourth-order valence-corrected chi connectivity index (χ4v) is 4.83. The zero-order valence-electron chi connectivity index (χ0n) is 16.5. The first-order valence-corrected chi connectivity index (χ1v) is 10.7. The number of carbonyl (C=O) groups excluding carboxylic acids is 1. The lowest BCUT2D eigenvalue weighted by Crippen LogP contribution is -2.43. The summed E-state index contributed by atoms with van der Waals surface area (Å²) in [5, 5.41) is 2.82. The minimum atomic E-state index is -3.67. The molecule has 1 amide bonds. The van der Waals surface area contributed by atoms with Crippen LogP contribution in [0.15, 0.2) is 23.1 Å². The molecule has 0 spiro atoms. The van der Waals surface area contributed by atoms with Gasteiger partial charge in [0.05, 0.1) is 13.7 Å². The van der Waals surface area contributed by atoms with Crippen LogP contribution in [-0.4, -0.2) is 59.1 Å². The molecule has 0 unspecified atom stereocenters. The van der Waals surface area contributed by atoms with Gasteiger partial charge in [0, 0.05) is 32.7 Å². The number of nitrogens with zero attached hydrogens (tertiary/aromatic N) is 1. The Balaban J connectivity index is 2.11. The number of rotatable bonds is 8. The van der Waals surface area contributed by atoms with E-state index < -0.39 is 10.0 Å². The first-order chi connectivity index (χ1) is 12.8. The number of amides is 1. The van der Waals surface area contributed by atoms with Crippen LogP contribution in [0, 0.1) is 5.92 Å². The molecule has 0 saturated carbocycles. The average Bonchev–Trinajstić information content (AvgIpc) is 2.67. The number of sulfonamides is 1. The number of hydrogen-bond donors (Lipinski definition) is 1. The molecule has 8 heteroatoms. The zero-order valence-corrected chi connectivity index (χ0v) is 17.3. The molecule has 0 aliphatic carbocycles. The van der Waals surface area contributed by atoms with Gasteiger partial charge in [0.15, 0.2) is 0 Å². The van der Waals surface area contributed by atoms with E-state index in [1.807, 2.05) is 19.9 Å². The van der Waals surface area contributed by atoms with Gasteiger partial charge in [-0.15, -0.1) is 0 Å². The molecule has 1 saturated heterocycles. The van der Waals surface area contributed by atoms with Crippen LogP contribution in [0.25, 0.3) is 0 Å². The predicted molar refractivity (Wildman–Crippen MR) is 103 cm³/mol. The summed E-state index contributed by atoms with van der Waals surface area (Å²) in [5.74, 6) is 0.353. The second-order valence-corrected chi connectivity index (χ2v) is 8.93. The molecule has 1 aromatic carbocycles. The molecule has 0 bridgehead atoms. The minimum Gasteiger partial charge on any atom is -0.495 e. The molecule has 0 atom stereocenters. The van der Waals surface area contributed by atoms with E-state index in [0.29, 0.717) is 44.8 Å². The van der Waals surface area contributed by atoms with Gasteiger partial charge in [-0.05, 0) is 36.5 Å². The van der Waals surface area contributed by atoms with Gasteiger partial charge < -0.3 is 14.8 Å². The lowest BCUT2D eigenvalue weighted by Gasteiger charge is -2.31. The first kappa shape index (κ1) is 21.7. The maximum absolute atomic E-state index is 13.2. The van der Waals surface area contributed by atoms with Gasteiger partial charge in [-0.3, -0.25) is 4.79 Å². The quantitative estimate of drug-likeness (QED) is 0.677. The van der Waals surface area contributed by atoms with Crippen LogP contribution in [0.4, 0.5) is 0 Å². The maximum atomic E-state index is 13.2. The lowest BCUT2D eigenvalue weighted by atomic mass is 9.97. The standard InChI is InChI=1S/C19H30N2O5S/c1-14(2)16-5-6-17(26-4)18(13-16)27(23,24)21-10-7-15(8-11-21)19(22)20-9-12-25-3/h5-6,13-15H,7-12H2,1-4H3,(H,20,22). The van der Waals surface area contributed by atoms with Crippen LogP contribution in [-0.2, 0) is 19.6 Å². The SMILES string of the molecule is COCCNC(=O)C1CCN(S(=O)(=O)c2cc(C(C)C)ccc2OC)CC1. The molecule has 27 heavy (non-hydrogen) atoms. The molecular formula is C19H30N2O5S. The van der Waals surface area contributed by atoms with Gasteiger partial charge in [0.1, 0.15) is 10.6 Å². The number of methoxy groups -OCH3 is 2. The molecule has 0 radical (unpaired) electrons. The summed E-state index contributed by atoms with van der Waals surface area (Å²) in [6.07, 6.45) is 1.01. The van der Waals surface area contributed by atoms with Crippen LogP contribution in [0.1, 0.15) is 38.2 Å². The van der Waals surface area contributed by atoms with Gasteiger partial charge in [-0.2, -0.15) is 4.31 Å². The summed E-state index contributed by atoms with van der Waals surface area (Å²) in [4.78, 5) is 12.4. The van der Waals surface area contributed by atoms with E-state index >= 15 is 0 Å². The summed E-state index contributed by atoms with van der Waals surface area (Å²) >= 11 is 0. The highest BCUT2D eigenvalue weighted by Gasteiger charge is 2.33. The minimum absolute atomic E-state index is 0.0384. The van der Waals surface area contributed by atoms with Crippen molar-refractivity contribution in [2.45, 2.75) is 37.5 Å². The monoisotopic (exact) mass is 398 g/mol. The van der Waals surface area contributed by atoms with Crippen LogP contribution < -0.4 is 10.1 Å². The molecule has 152 valence electrons. The number of hydrogen-bond acceptors (Lipinski definition) is 5. The Morgan fingerprint density at radius 3 is 2.48 bits per heavy atom. The molecule has 1 fully saturated rings. The highest BCUT2D eigenvalue weighted by Crippen LogP contribution is 2.32. The fourth-order valence-electron chi connectivity index (χ4n) is 3.17. The number of benzene rings is 1. The van der Waals surface area contributed by atoms with Gasteiger partial charge in [-0.25, -0.2) is 8.42 Å². The van der Waals surface area contributed by atoms with Crippen molar-refractivity contribution in [3.05, 3.63) is 23.8 Å². The van der Waals surface area contributed by atoms with Crippen LogP contribution in [0.2, 0.25) is 0 Å². The summed E-state index contributed by atoms with van der Waals surface area (Å²) in [6.45, 7) is 5.61. The average molecular weight is 399 g/mol. The Hall–Kier alpha value is -1.64. The van der Waals surface area contributed by atoms with E-state index in [1.165, 1.54) is 11.4 Å². The predicted octanol–water partition coefficient (Wildman–Crippen LogP) is 1.98. The molecule has 1 aliphatic rings. The fraction of sp³-hybridized carbons (Fsp3) is 0.632. The molecule has 1 aromatic rings. The van der Waals surface area contributed by atoms with Crippen LogP contribution in [0.5, 0.6) is 5.75 Å². The van der Waals surface area contributed by atoms with Crippen molar-refractivity contribution in [3.63, 3.8) is 0 Å². The molecule has 2 rings (SSSR count). The first-order valence-electron chi connectivity index (χ1n) is 9.26. The summed E-state index contributed by atoms with van der Waals surface area (Å²) in [5.41, 5.74) is 0.946. The van der Waals surface area contributed by atoms with E-state index in [1.54, 1.807) is 19.2 Å². The third-order valence-corrected chi connectivity index (χ3v) is 6.82. The van der Waals surface area contributed by atoms with Crippen molar-refractivity contribution in [3.8, 4) is 5.75 Å². The van der Waals surface area contributed by atoms with Crippen molar-refractivity contribution < 1.29 is 22.7 Å². The molecular weight excluding hydrogens is 368 g/mol. The Labute approximate surface area is 162 Å². The lowest BCUT2D eigenvalue weighted by molar-refractivity contribution is -0.126. The normalized spacial score (nSPS) is 16.5. The maximum Gasteiger partial charge on any atom is 0.246 e. The summed E-state index contributed by atoms with van der Waals surface area (Å²) in [6, 6.07) is 5.29. The van der Waals surface area contributed by atoms with E-state index in [4.69, 9.17) is 9.47 Å². The van der Waals surface area contributed by atoms with Gasteiger partial charge in [0.25, 0.3) is 0 Å². The Morgan fingerprint density at radius 1 is 1.26 bits per heavy atom. The topological polar surface area (TPSA) is 84.9 Å². The smallest absolute Gasteiger partial charge is 0.246 e. The van der Waals surface area contributed by atoms with E-state index in [0.717, 1.165) is 5.56 Å². The molecule has 7 nitrogen and oxygen atoms in total. The highest BCUT2D eigenvalue weighted by atomic mass is 32.2. The second kappa shape index (κ2) is 9.52. The zero-order chi connectivity index (χ0) is 20.0. The third-order valence-electron chi connectivity index (χ3n) is 4.90. The third kappa shape index (κ3) is 5.21. The van der Waals surface area contributed by atoms with Crippen LogP contribution >= 0.6 is 0 Å². The van der Waals surface area contributed by atoms with Crippen LogP contribution in [0.3, 0.4) is 0 Å². The van der Waals surface area contributed by atoms with E-state index in [-0.39, 0.29) is 22.6 Å². The Morgan fingerprint density at radius 2 is 1.93 bits per heavy atom. The van der Waals surface area contributed by atoms with Gasteiger partial charge in [-0.1, -0.05) is 19.9 Å². The van der Waals surface area contributed by atoms with Gasteiger partial charge in [0.2, 0.25) is 15.9 Å². The largest absolute Gasteiger partial charge is 0.495 e. The molecule has 1 heterocycles. The van der Waals surface area contributed by atoms with E-state index in [9.17, 15) is 13.2 Å². The van der Waals surface area contributed by atoms with Crippen molar-refractivity contribution in [1.29, 1.82) is 0 Å².